The van der Waals surface area contributed by atoms with Crippen molar-refractivity contribution in [3.63, 3.8) is 0 Å². The lowest BCUT2D eigenvalue weighted by Crippen LogP contribution is -2.52. The van der Waals surface area contributed by atoms with Crippen molar-refractivity contribution in [2.24, 2.45) is 5.92 Å². The number of carbonyl (C=O) groups excluding carboxylic acids is 1. The number of fused-ring (bicyclic) bond motifs is 3. The van der Waals surface area contributed by atoms with Gasteiger partial charge < -0.3 is 4.74 Å². The average Bonchev–Trinajstić information content (AvgIpc) is 2.40. The van der Waals surface area contributed by atoms with Crippen molar-refractivity contribution in [2.75, 3.05) is 25.0 Å². The van der Waals surface area contributed by atoms with Crippen LogP contribution in [0.25, 0.3) is 0 Å². The van der Waals surface area contributed by atoms with E-state index in [0.29, 0.717) is 5.92 Å². The molecule has 1 unspecified atom stereocenters. The first-order chi connectivity index (χ1) is 9.20. The monoisotopic (exact) mass is 260 g/mol. The molecule has 4 nitrogen and oxygen atoms in total. The van der Waals surface area contributed by atoms with Crippen molar-refractivity contribution in [3.05, 3.63) is 29.8 Å². The summed E-state index contributed by atoms with van der Waals surface area (Å²) in [5.74, 6) is 0.549. The van der Waals surface area contributed by atoms with E-state index >= 15 is 0 Å². The molecule has 3 aliphatic rings. The molecule has 2 bridgehead atoms. The maximum absolute atomic E-state index is 11.9. The summed E-state index contributed by atoms with van der Waals surface area (Å²) in [7, 11) is 0. The minimum atomic E-state index is -0.329. The number of anilines is 1. The van der Waals surface area contributed by atoms with Gasteiger partial charge in [0.15, 0.2) is 0 Å². The van der Waals surface area contributed by atoms with E-state index in [4.69, 9.17) is 4.74 Å². The number of piperidine rings is 3. The van der Waals surface area contributed by atoms with E-state index in [9.17, 15) is 4.79 Å². The molecule has 0 saturated carbocycles. The van der Waals surface area contributed by atoms with Gasteiger partial charge >= 0.3 is 6.09 Å². The van der Waals surface area contributed by atoms with Crippen LogP contribution in [0.5, 0.6) is 0 Å². The van der Waals surface area contributed by atoms with Crippen molar-refractivity contribution in [3.8, 4) is 0 Å². The third-order valence-corrected chi connectivity index (χ3v) is 4.12. The van der Waals surface area contributed by atoms with Crippen LogP contribution in [0.1, 0.15) is 18.4 Å². The third kappa shape index (κ3) is 2.89. The van der Waals surface area contributed by atoms with Gasteiger partial charge in [-0.1, -0.05) is 12.1 Å². The molecule has 4 heteroatoms. The molecule has 1 atom stereocenters. The highest BCUT2D eigenvalue weighted by atomic mass is 16.6. The number of ether oxygens (including phenoxy) is 1. The second-order valence-electron chi connectivity index (χ2n) is 5.58. The van der Waals surface area contributed by atoms with Crippen LogP contribution in [0.2, 0.25) is 0 Å². The van der Waals surface area contributed by atoms with E-state index in [1.165, 1.54) is 0 Å². The van der Waals surface area contributed by atoms with Gasteiger partial charge in [0.25, 0.3) is 0 Å². The smallest absolute Gasteiger partial charge is 0.411 e. The quantitative estimate of drug-likeness (QED) is 0.888. The average molecular weight is 260 g/mol. The molecule has 1 aromatic carbocycles. The molecule has 0 radical (unpaired) electrons. The molecule has 1 aromatic rings. The Kier molecular flexibility index (Phi) is 3.42. The second kappa shape index (κ2) is 5.21. The van der Waals surface area contributed by atoms with Crippen molar-refractivity contribution < 1.29 is 9.53 Å². The molecular formula is C15H20N2O2. The van der Waals surface area contributed by atoms with Crippen LogP contribution in [0.3, 0.4) is 0 Å². The minimum Gasteiger partial charge on any atom is -0.444 e. The molecule has 3 heterocycles. The van der Waals surface area contributed by atoms with Gasteiger partial charge in [-0.15, -0.1) is 0 Å². The maximum atomic E-state index is 11.9. The van der Waals surface area contributed by atoms with Crippen LogP contribution in [-0.2, 0) is 4.74 Å². The summed E-state index contributed by atoms with van der Waals surface area (Å²) in [6.45, 7) is 5.21. The Morgan fingerprint density at radius 2 is 2.16 bits per heavy atom. The standard InChI is InChI=1S/C15H20N2O2/c1-11-3-2-4-13(9-11)16-15(18)19-14-10-17-7-5-12(14)6-8-17/h2-4,9,12,14H,5-8,10H2,1H3,(H,16,18). The Hall–Kier alpha value is -1.55. The Morgan fingerprint density at radius 3 is 2.79 bits per heavy atom. The molecule has 1 amide bonds. The molecular weight excluding hydrogens is 240 g/mol. The number of nitrogens with zero attached hydrogens (tertiary/aromatic N) is 1. The Bertz CT molecular complexity index is 467. The van der Waals surface area contributed by atoms with Crippen LogP contribution in [0.15, 0.2) is 24.3 Å². The number of carbonyl (C=O) groups is 1. The topological polar surface area (TPSA) is 41.6 Å². The van der Waals surface area contributed by atoms with Crippen LogP contribution in [0.4, 0.5) is 10.5 Å². The fourth-order valence-corrected chi connectivity index (χ4v) is 3.05. The van der Waals surface area contributed by atoms with Gasteiger partial charge in [-0.25, -0.2) is 4.79 Å². The highest BCUT2D eigenvalue weighted by Crippen LogP contribution is 2.29. The number of hydrogen-bond donors (Lipinski definition) is 1. The SMILES string of the molecule is Cc1cccc(NC(=O)OC2CN3CCC2CC3)c1. The predicted octanol–water partition coefficient (Wildman–Crippen LogP) is 2.64. The zero-order valence-electron chi connectivity index (χ0n) is 11.3. The van der Waals surface area contributed by atoms with E-state index in [1.54, 1.807) is 0 Å². The Morgan fingerprint density at radius 1 is 1.37 bits per heavy atom. The van der Waals surface area contributed by atoms with Gasteiger partial charge in [0.2, 0.25) is 0 Å². The van der Waals surface area contributed by atoms with E-state index in [1.807, 2.05) is 31.2 Å². The molecule has 3 fully saturated rings. The van der Waals surface area contributed by atoms with E-state index < -0.39 is 0 Å². The summed E-state index contributed by atoms with van der Waals surface area (Å²) in [6, 6.07) is 7.76. The second-order valence-corrected chi connectivity index (χ2v) is 5.58. The number of hydrogen-bond acceptors (Lipinski definition) is 3. The lowest BCUT2D eigenvalue weighted by molar-refractivity contribution is -0.0289. The van der Waals surface area contributed by atoms with Gasteiger partial charge in [0.05, 0.1) is 0 Å². The number of benzene rings is 1. The van der Waals surface area contributed by atoms with Crippen LogP contribution < -0.4 is 5.32 Å². The molecule has 0 aliphatic carbocycles. The predicted molar refractivity (Wildman–Crippen MR) is 74.2 cm³/mol. The van der Waals surface area contributed by atoms with Gasteiger partial charge in [-0.3, -0.25) is 10.2 Å². The molecule has 3 saturated heterocycles. The van der Waals surface area contributed by atoms with E-state index in [0.717, 1.165) is 43.7 Å². The first-order valence-electron chi connectivity index (χ1n) is 6.97. The van der Waals surface area contributed by atoms with Crippen LogP contribution in [0, 0.1) is 12.8 Å². The summed E-state index contributed by atoms with van der Waals surface area (Å²) in [4.78, 5) is 14.3. The first-order valence-corrected chi connectivity index (χ1v) is 6.97. The van der Waals surface area contributed by atoms with Gasteiger partial charge in [0.1, 0.15) is 6.10 Å². The van der Waals surface area contributed by atoms with Crippen LogP contribution in [-0.4, -0.2) is 36.7 Å². The summed E-state index contributed by atoms with van der Waals surface area (Å²) >= 11 is 0. The molecule has 102 valence electrons. The number of nitrogens with one attached hydrogen (secondary N) is 1. The number of aryl methyl sites for hydroxylation is 1. The fourth-order valence-electron chi connectivity index (χ4n) is 3.05. The summed E-state index contributed by atoms with van der Waals surface area (Å²) < 4.78 is 5.58. The van der Waals surface area contributed by atoms with Crippen molar-refractivity contribution in [1.29, 1.82) is 0 Å². The summed E-state index contributed by atoms with van der Waals surface area (Å²) in [6.07, 6.45) is 2.04. The number of amides is 1. The maximum Gasteiger partial charge on any atom is 0.411 e. The zero-order valence-corrected chi connectivity index (χ0v) is 11.3. The molecule has 1 N–H and O–H groups in total. The first kappa shape index (κ1) is 12.5. The highest BCUT2D eigenvalue weighted by Gasteiger charge is 2.36. The van der Waals surface area contributed by atoms with E-state index in [-0.39, 0.29) is 12.2 Å². The van der Waals surface area contributed by atoms with Crippen LogP contribution >= 0.6 is 0 Å². The summed E-state index contributed by atoms with van der Waals surface area (Å²) in [5.41, 5.74) is 1.92. The normalized spacial score (nSPS) is 29.0. The van der Waals surface area contributed by atoms with Gasteiger partial charge in [0, 0.05) is 12.2 Å². The van der Waals surface area contributed by atoms with Gasteiger partial charge in [-0.05, 0) is 56.5 Å². The Balaban J connectivity index is 1.57. The van der Waals surface area contributed by atoms with Crippen molar-refractivity contribution in [2.45, 2.75) is 25.9 Å². The minimum absolute atomic E-state index is 0.0623. The highest BCUT2D eigenvalue weighted by molar-refractivity contribution is 5.84. The van der Waals surface area contributed by atoms with E-state index in [2.05, 4.69) is 10.2 Å². The molecule has 19 heavy (non-hydrogen) atoms. The molecule has 0 aromatic heterocycles. The molecule has 4 rings (SSSR count). The van der Waals surface area contributed by atoms with Crippen molar-refractivity contribution >= 4 is 11.8 Å². The molecule has 3 aliphatic heterocycles. The summed E-state index contributed by atoms with van der Waals surface area (Å²) in [5, 5.41) is 2.81. The number of rotatable bonds is 2. The van der Waals surface area contributed by atoms with Crippen molar-refractivity contribution in [1.82, 2.24) is 4.90 Å². The Labute approximate surface area is 113 Å². The van der Waals surface area contributed by atoms with Gasteiger partial charge in [-0.2, -0.15) is 0 Å². The lowest BCUT2D eigenvalue weighted by Gasteiger charge is -2.43. The largest absolute Gasteiger partial charge is 0.444 e. The molecule has 0 spiro atoms. The third-order valence-electron chi connectivity index (χ3n) is 4.12. The fraction of sp³-hybridized carbons (Fsp3) is 0.533. The zero-order chi connectivity index (χ0) is 13.2. The lowest BCUT2D eigenvalue weighted by atomic mass is 9.86.